The van der Waals surface area contributed by atoms with Crippen LogP contribution in [-0.2, 0) is 25.5 Å². The van der Waals surface area contributed by atoms with Crippen LogP contribution >= 0.6 is 0 Å². The summed E-state index contributed by atoms with van der Waals surface area (Å²) < 4.78 is 21.2. The maximum absolute atomic E-state index is 12.2. The van der Waals surface area contributed by atoms with E-state index in [1.54, 1.807) is 32.0 Å². The number of amides is 2. The second-order valence-electron chi connectivity index (χ2n) is 6.25. The van der Waals surface area contributed by atoms with Gasteiger partial charge < -0.3 is 29.6 Å². The third-order valence-electron chi connectivity index (χ3n) is 4.20. The van der Waals surface area contributed by atoms with Gasteiger partial charge in [-0.3, -0.25) is 4.79 Å². The average molecular weight is 390 g/mol. The second-order valence-corrected chi connectivity index (χ2v) is 6.25. The maximum Gasteiger partial charge on any atom is 0.338 e. The Bertz CT molecular complexity index is 819. The fourth-order valence-corrected chi connectivity index (χ4v) is 2.96. The van der Waals surface area contributed by atoms with Gasteiger partial charge in [-0.1, -0.05) is 6.07 Å². The van der Waals surface area contributed by atoms with E-state index in [9.17, 15) is 14.4 Å². The van der Waals surface area contributed by atoms with Crippen molar-refractivity contribution in [2.24, 2.45) is 0 Å². The van der Waals surface area contributed by atoms with Gasteiger partial charge >= 0.3 is 18.0 Å². The van der Waals surface area contributed by atoms with Gasteiger partial charge in [0.2, 0.25) is 0 Å². The number of ether oxygens (including phenoxy) is 4. The Morgan fingerprint density at radius 3 is 2.68 bits per heavy atom. The topological polar surface area (TPSA) is 112 Å². The molecule has 9 nitrogen and oxygen atoms in total. The zero-order chi connectivity index (χ0) is 20.1. The predicted molar refractivity (Wildman–Crippen MR) is 96.9 cm³/mol. The summed E-state index contributed by atoms with van der Waals surface area (Å²) in [6, 6.07) is 4.20. The van der Waals surface area contributed by atoms with Crippen LogP contribution < -0.4 is 20.1 Å². The Kier molecular flexibility index (Phi) is 6.03. The molecule has 0 spiro atoms. The molecule has 2 amide bonds. The molecule has 0 radical (unpaired) electrons. The largest absolute Gasteiger partial charge is 0.486 e. The lowest BCUT2D eigenvalue weighted by atomic mass is 10.0. The highest BCUT2D eigenvalue weighted by atomic mass is 16.6. The molecule has 0 aromatic heterocycles. The van der Waals surface area contributed by atoms with Crippen molar-refractivity contribution in [2.75, 3.05) is 26.4 Å². The van der Waals surface area contributed by atoms with E-state index in [-0.39, 0.29) is 30.9 Å². The zero-order valence-corrected chi connectivity index (χ0v) is 15.7. The number of hydrogen-bond acceptors (Lipinski definition) is 7. The molecule has 150 valence electrons. The number of urea groups is 1. The zero-order valence-electron chi connectivity index (χ0n) is 15.7. The third-order valence-corrected chi connectivity index (χ3v) is 4.20. The van der Waals surface area contributed by atoms with Crippen molar-refractivity contribution in [1.29, 1.82) is 0 Å². The van der Waals surface area contributed by atoms with Crippen molar-refractivity contribution in [3.05, 3.63) is 35.0 Å². The van der Waals surface area contributed by atoms with Gasteiger partial charge in [-0.05, 0) is 31.5 Å². The number of benzene rings is 1. The Hall–Kier alpha value is -3.23. The normalized spacial score (nSPS) is 18.1. The molecule has 0 fully saturated rings. The van der Waals surface area contributed by atoms with Gasteiger partial charge in [0.25, 0.3) is 0 Å². The van der Waals surface area contributed by atoms with Crippen LogP contribution in [0.4, 0.5) is 4.79 Å². The minimum absolute atomic E-state index is 0.0143. The predicted octanol–water partition coefficient (Wildman–Crippen LogP) is 1.06. The van der Waals surface area contributed by atoms with Crippen molar-refractivity contribution in [3.63, 3.8) is 0 Å². The molecule has 0 saturated carbocycles. The molecular formula is C19H22N2O7. The van der Waals surface area contributed by atoms with E-state index in [0.717, 1.165) is 0 Å². The summed E-state index contributed by atoms with van der Waals surface area (Å²) in [5.41, 5.74) is 1.15. The lowest BCUT2D eigenvalue weighted by Crippen LogP contribution is -2.50. The quantitative estimate of drug-likeness (QED) is 0.699. The summed E-state index contributed by atoms with van der Waals surface area (Å²) in [6.45, 7) is 4.24. The first-order valence-corrected chi connectivity index (χ1v) is 8.99. The van der Waals surface area contributed by atoms with E-state index in [4.69, 9.17) is 18.9 Å². The van der Waals surface area contributed by atoms with Crippen LogP contribution in [0.1, 0.15) is 19.4 Å². The van der Waals surface area contributed by atoms with E-state index in [1.165, 1.54) is 0 Å². The van der Waals surface area contributed by atoms with Crippen LogP contribution in [0.2, 0.25) is 0 Å². The number of esters is 2. The number of rotatable bonds is 6. The fourth-order valence-electron chi connectivity index (χ4n) is 2.96. The van der Waals surface area contributed by atoms with E-state index in [0.29, 0.717) is 30.3 Å². The molecule has 0 saturated heterocycles. The van der Waals surface area contributed by atoms with Crippen LogP contribution in [0.25, 0.3) is 0 Å². The molecule has 2 heterocycles. The van der Waals surface area contributed by atoms with Crippen LogP contribution in [-0.4, -0.2) is 50.4 Å². The van der Waals surface area contributed by atoms with Gasteiger partial charge in [-0.25, -0.2) is 9.59 Å². The molecule has 0 bridgehead atoms. The van der Waals surface area contributed by atoms with Crippen molar-refractivity contribution >= 4 is 18.0 Å². The van der Waals surface area contributed by atoms with Crippen molar-refractivity contribution in [3.8, 4) is 11.5 Å². The first kappa shape index (κ1) is 19.5. The number of nitrogens with one attached hydrogen (secondary N) is 2. The molecule has 0 aliphatic carbocycles. The molecule has 0 unspecified atom stereocenters. The summed E-state index contributed by atoms with van der Waals surface area (Å²) in [6.07, 6.45) is 0.0143. The lowest BCUT2D eigenvalue weighted by molar-refractivity contribution is -0.143. The molecule has 1 atom stereocenters. The number of fused-ring (bicyclic) bond motifs is 1. The smallest absolute Gasteiger partial charge is 0.338 e. The van der Waals surface area contributed by atoms with Gasteiger partial charge in [0, 0.05) is 0 Å². The summed E-state index contributed by atoms with van der Waals surface area (Å²) in [7, 11) is 0. The minimum atomic E-state index is -0.569. The van der Waals surface area contributed by atoms with Gasteiger partial charge in [-0.2, -0.15) is 0 Å². The average Bonchev–Trinajstić information content (AvgIpc) is 2.66. The SMILES string of the molecule is CCOC(=O)C1=C(COC(=O)Cc2ccc3c(c2)OCCO3)NC(=O)N[C@H]1C. The Morgan fingerprint density at radius 1 is 1.18 bits per heavy atom. The maximum atomic E-state index is 12.2. The summed E-state index contributed by atoms with van der Waals surface area (Å²) in [5, 5.41) is 5.09. The molecule has 1 aromatic carbocycles. The highest BCUT2D eigenvalue weighted by Gasteiger charge is 2.30. The van der Waals surface area contributed by atoms with Crippen molar-refractivity contribution in [1.82, 2.24) is 10.6 Å². The molecule has 2 aliphatic heterocycles. The van der Waals surface area contributed by atoms with Crippen molar-refractivity contribution < 1.29 is 33.3 Å². The number of carbonyl (C=O) groups excluding carboxylic acids is 3. The molecule has 28 heavy (non-hydrogen) atoms. The summed E-state index contributed by atoms with van der Waals surface area (Å²) in [5.74, 6) is 0.149. The first-order valence-electron chi connectivity index (χ1n) is 8.99. The Morgan fingerprint density at radius 2 is 1.93 bits per heavy atom. The second kappa shape index (κ2) is 8.64. The van der Waals surface area contributed by atoms with Gasteiger partial charge in [0.1, 0.15) is 19.8 Å². The molecule has 2 N–H and O–H groups in total. The van der Waals surface area contributed by atoms with Gasteiger partial charge in [0.15, 0.2) is 11.5 Å². The van der Waals surface area contributed by atoms with E-state index in [1.807, 2.05) is 0 Å². The van der Waals surface area contributed by atoms with Gasteiger partial charge in [-0.15, -0.1) is 0 Å². The van der Waals surface area contributed by atoms with E-state index in [2.05, 4.69) is 10.6 Å². The molecule has 9 heteroatoms. The van der Waals surface area contributed by atoms with Crippen LogP contribution in [0.5, 0.6) is 11.5 Å². The fraction of sp³-hybridized carbons (Fsp3) is 0.421. The standard InChI is InChI=1S/C19H22N2O7/c1-3-25-18(23)17-11(2)20-19(24)21-13(17)10-28-16(22)9-12-4-5-14-15(8-12)27-7-6-26-14/h4-5,8,11H,3,6-7,9-10H2,1-2H3,(H2,20,21,24)/t11-/m0/s1. The molecule has 3 rings (SSSR count). The van der Waals surface area contributed by atoms with Crippen LogP contribution in [0, 0.1) is 0 Å². The number of carbonyl (C=O) groups is 3. The molecule has 2 aliphatic rings. The Balaban J connectivity index is 1.65. The van der Waals surface area contributed by atoms with Crippen LogP contribution in [0.3, 0.4) is 0 Å². The van der Waals surface area contributed by atoms with Gasteiger partial charge in [0.05, 0.1) is 30.3 Å². The molecule has 1 aromatic rings. The monoisotopic (exact) mass is 390 g/mol. The lowest BCUT2D eigenvalue weighted by Gasteiger charge is -2.26. The Labute approximate surface area is 162 Å². The molecular weight excluding hydrogens is 368 g/mol. The number of hydrogen-bond donors (Lipinski definition) is 2. The highest BCUT2D eigenvalue weighted by molar-refractivity contribution is 5.94. The third kappa shape index (κ3) is 4.54. The highest BCUT2D eigenvalue weighted by Crippen LogP contribution is 2.30. The van der Waals surface area contributed by atoms with Crippen molar-refractivity contribution in [2.45, 2.75) is 26.3 Å². The first-order chi connectivity index (χ1) is 13.5. The summed E-state index contributed by atoms with van der Waals surface area (Å²) in [4.78, 5) is 36.1. The van der Waals surface area contributed by atoms with E-state index < -0.39 is 24.0 Å². The minimum Gasteiger partial charge on any atom is -0.486 e. The van der Waals surface area contributed by atoms with Crippen LogP contribution in [0.15, 0.2) is 29.5 Å². The van der Waals surface area contributed by atoms with E-state index >= 15 is 0 Å². The summed E-state index contributed by atoms with van der Waals surface area (Å²) >= 11 is 0.